The number of allylic oxidation sites excluding steroid dienone is 4. The van der Waals surface area contributed by atoms with Gasteiger partial charge in [0, 0.05) is 25.2 Å². The zero-order valence-electron chi connectivity index (χ0n) is 21.8. The van der Waals surface area contributed by atoms with Gasteiger partial charge in [-0.15, -0.1) is 12.8 Å². The van der Waals surface area contributed by atoms with Crippen molar-refractivity contribution < 1.29 is 23.9 Å². The SMILES string of the molecule is C#C.C/C=C(F)\C=C1/CC(C)(C)C(=O)N1C(=O)NCC1CCN(CC(C)(C)C(=O)O)CC1.CC. The largest absolute Gasteiger partial charge is 0.481 e. The third-order valence-corrected chi connectivity index (χ3v) is 5.92. The fraction of sp³-hybridized carbons (Fsp3) is 0.654. The molecule has 0 bridgehead atoms. The number of imide groups is 1. The van der Waals surface area contributed by atoms with Crippen LogP contribution in [-0.2, 0) is 9.59 Å². The Kier molecular flexibility index (Phi) is 12.8. The molecule has 192 valence electrons. The molecule has 0 aromatic rings. The fourth-order valence-electron chi connectivity index (χ4n) is 3.91. The van der Waals surface area contributed by atoms with Crippen LogP contribution in [0.5, 0.6) is 0 Å². The van der Waals surface area contributed by atoms with E-state index in [2.05, 4.69) is 23.1 Å². The number of hydrogen-bond acceptors (Lipinski definition) is 4. The summed E-state index contributed by atoms with van der Waals surface area (Å²) in [5, 5.41) is 12.1. The Morgan fingerprint density at radius 3 is 2.24 bits per heavy atom. The number of halogens is 1. The van der Waals surface area contributed by atoms with E-state index in [4.69, 9.17) is 0 Å². The molecular weight excluding hydrogens is 437 g/mol. The predicted octanol–water partition coefficient (Wildman–Crippen LogP) is 4.81. The van der Waals surface area contributed by atoms with E-state index in [1.807, 2.05) is 13.8 Å². The molecule has 2 fully saturated rings. The molecular formula is C26H42FN3O4. The quantitative estimate of drug-likeness (QED) is 0.534. The molecule has 2 N–H and O–H groups in total. The number of rotatable bonds is 6. The normalized spacial score (nSPS) is 20.2. The van der Waals surface area contributed by atoms with Gasteiger partial charge in [0.15, 0.2) is 0 Å². The van der Waals surface area contributed by atoms with E-state index in [1.54, 1.807) is 34.6 Å². The number of carbonyl (C=O) groups excluding carboxylic acids is 2. The molecule has 0 spiro atoms. The molecule has 2 aliphatic heterocycles. The highest BCUT2D eigenvalue weighted by Crippen LogP contribution is 2.38. The maximum absolute atomic E-state index is 13.8. The fourth-order valence-corrected chi connectivity index (χ4v) is 3.91. The van der Waals surface area contributed by atoms with Gasteiger partial charge in [-0.1, -0.05) is 33.8 Å². The third-order valence-electron chi connectivity index (χ3n) is 5.92. The first-order chi connectivity index (χ1) is 15.9. The Morgan fingerprint density at radius 2 is 1.76 bits per heavy atom. The lowest BCUT2D eigenvalue weighted by atomic mass is 9.90. The second kappa shape index (κ2) is 13.9. The minimum absolute atomic E-state index is 0.253. The molecule has 2 heterocycles. The van der Waals surface area contributed by atoms with Crippen LogP contribution >= 0.6 is 0 Å². The van der Waals surface area contributed by atoms with Gasteiger partial charge in [0.05, 0.1) is 10.8 Å². The lowest BCUT2D eigenvalue weighted by molar-refractivity contribution is -0.148. The number of hydrogen-bond donors (Lipinski definition) is 2. The number of amides is 3. The predicted molar refractivity (Wildman–Crippen MR) is 133 cm³/mol. The molecule has 8 heteroatoms. The van der Waals surface area contributed by atoms with Gasteiger partial charge in [0.1, 0.15) is 5.83 Å². The zero-order chi connectivity index (χ0) is 26.7. The summed E-state index contributed by atoms with van der Waals surface area (Å²) in [7, 11) is 0. The maximum atomic E-state index is 13.8. The van der Waals surface area contributed by atoms with Crippen molar-refractivity contribution in [1.82, 2.24) is 15.1 Å². The van der Waals surface area contributed by atoms with E-state index in [0.29, 0.717) is 25.2 Å². The molecule has 0 atom stereocenters. The topological polar surface area (TPSA) is 90.0 Å². The number of carboxylic acids is 1. The van der Waals surface area contributed by atoms with Gasteiger partial charge in [-0.25, -0.2) is 14.1 Å². The van der Waals surface area contributed by atoms with E-state index in [9.17, 15) is 23.9 Å². The minimum Gasteiger partial charge on any atom is -0.481 e. The Hall–Kier alpha value is -2.66. The van der Waals surface area contributed by atoms with Crippen LogP contribution in [0.2, 0.25) is 0 Å². The summed E-state index contributed by atoms with van der Waals surface area (Å²) in [6.07, 6.45) is 12.5. The van der Waals surface area contributed by atoms with Crippen LogP contribution in [-0.4, -0.2) is 59.0 Å². The first kappa shape index (κ1) is 31.3. The van der Waals surface area contributed by atoms with Gasteiger partial charge in [-0.2, -0.15) is 0 Å². The number of aliphatic carboxylic acids is 1. The monoisotopic (exact) mass is 479 g/mol. The molecule has 0 aromatic heterocycles. The van der Waals surface area contributed by atoms with E-state index in [1.165, 1.54) is 12.2 Å². The van der Waals surface area contributed by atoms with Gasteiger partial charge in [0.2, 0.25) is 5.91 Å². The summed E-state index contributed by atoms with van der Waals surface area (Å²) in [6.45, 7) is 15.0. The van der Waals surface area contributed by atoms with Crippen molar-refractivity contribution in [2.45, 2.75) is 67.7 Å². The van der Waals surface area contributed by atoms with Crippen molar-refractivity contribution in [3.63, 3.8) is 0 Å². The van der Waals surface area contributed by atoms with Crippen molar-refractivity contribution in [2.75, 3.05) is 26.2 Å². The molecule has 3 amide bonds. The number of nitrogens with zero attached hydrogens (tertiary/aromatic N) is 2. The number of piperidine rings is 1. The number of terminal acetylenes is 1. The lowest BCUT2D eigenvalue weighted by Crippen LogP contribution is -2.47. The molecule has 2 saturated heterocycles. The van der Waals surface area contributed by atoms with Gasteiger partial charge in [0.25, 0.3) is 0 Å². The maximum Gasteiger partial charge on any atom is 0.328 e. The van der Waals surface area contributed by atoms with Gasteiger partial charge < -0.3 is 15.3 Å². The zero-order valence-corrected chi connectivity index (χ0v) is 21.8. The first-order valence-corrected chi connectivity index (χ1v) is 11.8. The van der Waals surface area contributed by atoms with E-state index >= 15 is 0 Å². The van der Waals surface area contributed by atoms with Gasteiger partial charge in [-0.05, 0) is 58.7 Å². The molecule has 2 aliphatic rings. The van der Waals surface area contributed by atoms with Crippen molar-refractivity contribution in [3.05, 3.63) is 23.7 Å². The molecule has 2 rings (SSSR count). The summed E-state index contributed by atoms with van der Waals surface area (Å²) in [6, 6.07) is -0.518. The number of carboxylic acid groups (broad SMARTS) is 1. The number of carbonyl (C=O) groups is 3. The number of nitrogens with one attached hydrogen (secondary N) is 1. The van der Waals surface area contributed by atoms with Crippen LogP contribution in [0.3, 0.4) is 0 Å². The standard InChI is InChI=1S/C22H34FN3O4.C2H6.C2H2/c1-6-16(23)11-17-12-21(2,3)18(27)26(17)20(30)24-13-15-7-9-25(10-8-15)14-22(4,5)19(28)29;2*1-2/h6,11,15H,7-10,12-14H2,1-5H3,(H,24,30)(H,28,29);1-2H3;1-2H/b16-6+,17-11+;;. The van der Waals surface area contributed by atoms with Crippen molar-refractivity contribution in [1.29, 1.82) is 0 Å². The second-order valence-electron chi connectivity index (χ2n) is 9.61. The Morgan fingerprint density at radius 1 is 1.24 bits per heavy atom. The molecule has 0 saturated carbocycles. The Labute approximate surface area is 204 Å². The summed E-state index contributed by atoms with van der Waals surface area (Å²) >= 11 is 0. The molecule has 7 nitrogen and oxygen atoms in total. The van der Waals surface area contributed by atoms with Crippen LogP contribution < -0.4 is 5.32 Å². The number of likely N-dealkylation sites (tertiary alicyclic amines) is 2. The van der Waals surface area contributed by atoms with E-state index in [-0.39, 0.29) is 11.8 Å². The van der Waals surface area contributed by atoms with Crippen molar-refractivity contribution in [2.24, 2.45) is 16.7 Å². The summed E-state index contributed by atoms with van der Waals surface area (Å²) in [5.74, 6) is -1.37. The highest BCUT2D eigenvalue weighted by Gasteiger charge is 2.45. The van der Waals surface area contributed by atoms with Crippen LogP contribution in [0.15, 0.2) is 23.7 Å². The second-order valence-corrected chi connectivity index (χ2v) is 9.61. The average Bonchev–Trinajstić information content (AvgIpc) is 3.03. The highest BCUT2D eigenvalue weighted by atomic mass is 19.1. The highest BCUT2D eigenvalue weighted by molar-refractivity contribution is 6.01. The van der Waals surface area contributed by atoms with Crippen LogP contribution in [0.4, 0.5) is 9.18 Å². The molecule has 0 aliphatic carbocycles. The summed E-state index contributed by atoms with van der Waals surface area (Å²) < 4.78 is 13.8. The average molecular weight is 480 g/mol. The first-order valence-electron chi connectivity index (χ1n) is 11.8. The smallest absolute Gasteiger partial charge is 0.328 e. The van der Waals surface area contributed by atoms with E-state index < -0.39 is 28.7 Å². The van der Waals surface area contributed by atoms with Crippen LogP contribution in [0, 0.1) is 29.6 Å². The van der Waals surface area contributed by atoms with E-state index in [0.717, 1.165) is 30.8 Å². The van der Waals surface area contributed by atoms with Crippen LogP contribution in [0.25, 0.3) is 0 Å². The summed E-state index contributed by atoms with van der Waals surface area (Å²) in [4.78, 5) is 39.9. The third kappa shape index (κ3) is 8.60. The molecule has 0 aromatic carbocycles. The Balaban J connectivity index is 0.00000258. The van der Waals surface area contributed by atoms with Crippen LogP contribution in [0.1, 0.15) is 67.7 Å². The minimum atomic E-state index is -0.812. The molecule has 0 radical (unpaired) electrons. The Bertz CT molecular complexity index is 791. The van der Waals surface area contributed by atoms with Crippen molar-refractivity contribution in [3.8, 4) is 12.8 Å². The van der Waals surface area contributed by atoms with Gasteiger partial charge >= 0.3 is 12.0 Å². The van der Waals surface area contributed by atoms with Crippen molar-refractivity contribution >= 4 is 17.9 Å². The summed E-state index contributed by atoms with van der Waals surface area (Å²) in [5.41, 5.74) is -1.18. The molecule has 34 heavy (non-hydrogen) atoms. The lowest BCUT2D eigenvalue weighted by Gasteiger charge is -2.35. The van der Waals surface area contributed by atoms with Gasteiger partial charge in [-0.3, -0.25) is 9.59 Å². The molecule has 0 unspecified atom stereocenters. The number of urea groups is 1.